The number of benzene rings is 2. The number of rotatable bonds is 10. The fourth-order valence-corrected chi connectivity index (χ4v) is 7.65. The average Bonchev–Trinajstić information content (AvgIpc) is 3.51. The summed E-state index contributed by atoms with van der Waals surface area (Å²) in [5.74, 6) is 0.878. The van der Waals surface area contributed by atoms with Crippen molar-refractivity contribution in [2.45, 2.75) is 37.6 Å². The first-order chi connectivity index (χ1) is 18.6. The van der Waals surface area contributed by atoms with Crippen LogP contribution in [0, 0.1) is 0 Å². The smallest absolute Gasteiger partial charge is 0.282 e. The van der Waals surface area contributed by atoms with Crippen molar-refractivity contribution in [2.75, 3.05) is 37.6 Å². The molecule has 0 radical (unpaired) electrons. The molecule has 3 heterocycles. The number of hydrogen-bond donors (Lipinski definition) is 1. The molecule has 1 saturated heterocycles. The quantitative estimate of drug-likeness (QED) is 0.335. The van der Waals surface area contributed by atoms with Crippen LogP contribution in [0.15, 0.2) is 79.3 Å². The van der Waals surface area contributed by atoms with Crippen LogP contribution in [0.1, 0.15) is 30.4 Å². The van der Waals surface area contributed by atoms with Crippen LogP contribution >= 0.6 is 0 Å². The SMILES string of the molecule is O=S(=O)(N(CCCc1ccccc1)CCc1ccccc1)N1CCN(c2ncnc3[nH]ccc23)CC12CC2. The van der Waals surface area contributed by atoms with Gasteiger partial charge in [-0.2, -0.15) is 17.0 Å². The lowest BCUT2D eigenvalue weighted by Crippen LogP contribution is -2.60. The van der Waals surface area contributed by atoms with E-state index in [0.717, 1.165) is 48.1 Å². The van der Waals surface area contributed by atoms with Gasteiger partial charge in [-0.3, -0.25) is 0 Å². The van der Waals surface area contributed by atoms with Crippen molar-refractivity contribution < 1.29 is 8.42 Å². The molecule has 4 aromatic rings. The van der Waals surface area contributed by atoms with E-state index >= 15 is 0 Å². The number of aromatic amines is 1. The molecule has 0 unspecified atom stereocenters. The summed E-state index contributed by atoms with van der Waals surface area (Å²) in [5.41, 5.74) is 2.83. The monoisotopic (exact) mass is 530 g/mol. The van der Waals surface area contributed by atoms with Crippen LogP contribution < -0.4 is 4.90 Å². The highest BCUT2D eigenvalue weighted by Gasteiger charge is 2.57. The van der Waals surface area contributed by atoms with Gasteiger partial charge < -0.3 is 9.88 Å². The van der Waals surface area contributed by atoms with Gasteiger partial charge in [0, 0.05) is 38.9 Å². The number of fused-ring (bicyclic) bond motifs is 1. The normalized spacial score (nSPS) is 17.4. The molecule has 0 atom stereocenters. The Labute approximate surface area is 224 Å². The average molecular weight is 531 g/mol. The predicted octanol–water partition coefficient (Wildman–Crippen LogP) is 4.03. The van der Waals surface area contributed by atoms with Crippen LogP contribution in [-0.2, 0) is 23.1 Å². The van der Waals surface area contributed by atoms with Gasteiger partial charge in [0.05, 0.1) is 10.9 Å². The van der Waals surface area contributed by atoms with Crippen molar-refractivity contribution in [1.29, 1.82) is 0 Å². The molecule has 2 fully saturated rings. The Morgan fingerprint density at radius 2 is 1.58 bits per heavy atom. The molecule has 8 nitrogen and oxygen atoms in total. The number of aryl methyl sites for hydroxylation is 1. The lowest BCUT2D eigenvalue weighted by atomic mass is 10.1. The van der Waals surface area contributed by atoms with Gasteiger partial charge in [-0.05, 0) is 49.3 Å². The van der Waals surface area contributed by atoms with Gasteiger partial charge in [0.2, 0.25) is 0 Å². The Balaban J connectivity index is 1.20. The minimum atomic E-state index is -3.63. The van der Waals surface area contributed by atoms with E-state index in [0.29, 0.717) is 39.1 Å². The maximum Gasteiger partial charge on any atom is 0.282 e. The Morgan fingerprint density at radius 3 is 2.29 bits per heavy atom. The van der Waals surface area contributed by atoms with Crippen molar-refractivity contribution in [3.05, 3.63) is 90.4 Å². The lowest BCUT2D eigenvalue weighted by molar-refractivity contribution is 0.244. The molecular weight excluding hydrogens is 496 g/mol. The highest BCUT2D eigenvalue weighted by Crippen LogP contribution is 2.47. The molecule has 2 aliphatic rings. The molecule has 6 rings (SSSR count). The van der Waals surface area contributed by atoms with E-state index in [1.165, 1.54) is 5.56 Å². The summed E-state index contributed by atoms with van der Waals surface area (Å²) in [5, 5.41) is 0.977. The van der Waals surface area contributed by atoms with E-state index in [-0.39, 0.29) is 5.54 Å². The van der Waals surface area contributed by atoms with Gasteiger partial charge >= 0.3 is 0 Å². The summed E-state index contributed by atoms with van der Waals surface area (Å²) >= 11 is 0. The molecule has 38 heavy (non-hydrogen) atoms. The molecule has 0 bridgehead atoms. The fraction of sp³-hybridized carbons (Fsp3) is 0.379. The zero-order chi connectivity index (χ0) is 26.0. The first kappa shape index (κ1) is 25.0. The molecule has 0 amide bonds. The predicted molar refractivity (Wildman–Crippen MR) is 150 cm³/mol. The summed E-state index contributed by atoms with van der Waals surface area (Å²) < 4.78 is 32.0. The Hall–Kier alpha value is -3.27. The maximum atomic E-state index is 14.2. The third-order valence-electron chi connectivity index (χ3n) is 7.86. The minimum absolute atomic E-state index is 0.366. The van der Waals surface area contributed by atoms with Gasteiger partial charge in [0.15, 0.2) is 0 Å². The first-order valence-corrected chi connectivity index (χ1v) is 14.8. The zero-order valence-electron chi connectivity index (χ0n) is 21.5. The number of aromatic nitrogens is 3. The topological polar surface area (TPSA) is 85.4 Å². The molecular formula is C29H34N6O2S. The van der Waals surface area contributed by atoms with Crippen molar-refractivity contribution in [2.24, 2.45) is 0 Å². The van der Waals surface area contributed by atoms with Gasteiger partial charge in [-0.25, -0.2) is 9.97 Å². The van der Waals surface area contributed by atoms with E-state index in [1.54, 1.807) is 14.9 Å². The molecule has 1 aliphatic carbocycles. The maximum absolute atomic E-state index is 14.2. The van der Waals surface area contributed by atoms with E-state index in [4.69, 9.17) is 0 Å². The van der Waals surface area contributed by atoms with E-state index in [2.05, 4.69) is 44.1 Å². The Morgan fingerprint density at radius 1 is 0.868 bits per heavy atom. The lowest BCUT2D eigenvalue weighted by Gasteiger charge is -2.43. The van der Waals surface area contributed by atoms with Gasteiger partial charge in [-0.15, -0.1) is 0 Å². The summed E-state index contributed by atoms with van der Waals surface area (Å²) in [7, 11) is -3.63. The largest absolute Gasteiger partial charge is 0.353 e. The highest BCUT2D eigenvalue weighted by atomic mass is 32.2. The first-order valence-electron chi connectivity index (χ1n) is 13.4. The zero-order valence-corrected chi connectivity index (χ0v) is 22.4. The molecule has 1 saturated carbocycles. The number of piperazine rings is 1. The third kappa shape index (κ3) is 5.06. The van der Waals surface area contributed by atoms with Gasteiger partial charge in [-0.1, -0.05) is 60.7 Å². The van der Waals surface area contributed by atoms with Crippen molar-refractivity contribution in [3.8, 4) is 0 Å². The summed E-state index contributed by atoms with van der Waals surface area (Å²) in [4.78, 5) is 14.3. The van der Waals surface area contributed by atoms with Crippen LogP contribution in [0.5, 0.6) is 0 Å². The minimum Gasteiger partial charge on any atom is -0.353 e. The number of nitrogens with one attached hydrogen (secondary N) is 1. The molecule has 198 valence electrons. The van der Waals surface area contributed by atoms with Crippen LogP contribution in [0.2, 0.25) is 0 Å². The van der Waals surface area contributed by atoms with Gasteiger partial charge in [0.1, 0.15) is 17.8 Å². The Kier molecular flexibility index (Phi) is 6.90. The number of anilines is 1. The van der Waals surface area contributed by atoms with Crippen LogP contribution in [0.3, 0.4) is 0 Å². The number of nitrogens with zero attached hydrogens (tertiary/aromatic N) is 5. The molecule has 1 spiro atoms. The van der Waals surface area contributed by atoms with E-state index < -0.39 is 10.2 Å². The summed E-state index contributed by atoms with van der Waals surface area (Å²) in [6, 6.07) is 22.4. The van der Waals surface area contributed by atoms with Gasteiger partial charge in [0.25, 0.3) is 10.2 Å². The van der Waals surface area contributed by atoms with Crippen molar-refractivity contribution in [3.63, 3.8) is 0 Å². The van der Waals surface area contributed by atoms with Crippen molar-refractivity contribution in [1.82, 2.24) is 23.6 Å². The van der Waals surface area contributed by atoms with Crippen molar-refractivity contribution >= 4 is 27.1 Å². The Bertz CT molecular complexity index is 1470. The number of hydrogen-bond acceptors (Lipinski definition) is 5. The molecule has 2 aromatic heterocycles. The molecule has 1 N–H and O–H groups in total. The summed E-state index contributed by atoms with van der Waals surface area (Å²) in [6.45, 7) is 2.71. The van der Waals surface area contributed by atoms with E-state index in [1.807, 2.05) is 48.7 Å². The molecule has 9 heteroatoms. The summed E-state index contributed by atoms with van der Waals surface area (Å²) in [6.07, 6.45) is 7.55. The van der Waals surface area contributed by atoms with Crippen LogP contribution in [0.25, 0.3) is 11.0 Å². The second-order valence-corrected chi connectivity index (χ2v) is 12.2. The second kappa shape index (κ2) is 10.5. The highest BCUT2D eigenvalue weighted by molar-refractivity contribution is 7.86. The third-order valence-corrected chi connectivity index (χ3v) is 10.0. The molecule has 1 aliphatic heterocycles. The standard InChI is InChI=1S/C29H34N6O2S/c36-38(37,34(19-14-25-10-5-2-6-11-25)18-7-12-24-8-3-1-4-9-24)35-21-20-33(22-29(35)15-16-29)28-26-13-17-30-27(26)31-23-32-28/h1-6,8-11,13,17,23H,7,12,14-16,18-22H2,(H,30,31,32). The van der Waals surface area contributed by atoms with Crippen LogP contribution in [0.4, 0.5) is 5.82 Å². The van der Waals surface area contributed by atoms with Crippen LogP contribution in [-0.4, -0.2) is 70.2 Å². The molecule has 2 aromatic carbocycles. The van der Waals surface area contributed by atoms with E-state index in [9.17, 15) is 8.42 Å². The fourth-order valence-electron chi connectivity index (χ4n) is 5.65. The number of H-pyrrole nitrogens is 1. The second-order valence-electron chi connectivity index (χ2n) is 10.4.